The molecule has 0 radical (unpaired) electrons. The molecule has 15 heavy (non-hydrogen) atoms. The molecular weight excluding hydrogens is 217 g/mol. The molecule has 0 aliphatic carbocycles. The van der Waals surface area contributed by atoms with Crippen molar-refractivity contribution >= 4 is 0 Å². The topological polar surface area (TPSA) is 36.9 Å². The van der Waals surface area contributed by atoms with Crippen molar-refractivity contribution in [2.24, 2.45) is 0 Å². The lowest BCUT2D eigenvalue weighted by molar-refractivity contribution is -0.301. The third-order valence-corrected chi connectivity index (χ3v) is 1.60. The van der Waals surface area contributed by atoms with E-state index < -0.39 is 24.5 Å². The van der Waals surface area contributed by atoms with Crippen LogP contribution in [0.3, 0.4) is 0 Å². The third-order valence-electron chi connectivity index (χ3n) is 1.60. The minimum Gasteiger partial charge on any atom is -0.469 e. The highest BCUT2D eigenvalue weighted by atomic mass is 19.3. The average Bonchev–Trinajstić information content (AvgIpc) is 2.32. The van der Waals surface area contributed by atoms with Crippen LogP contribution in [0, 0.1) is 0 Å². The van der Waals surface area contributed by atoms with Crippen LogP contribution in [0.5, 0.6) is 0 Å². The van der Waals surface area contributed by atoms with Crippen molar-refractivity contribution in [1.29, 1.82) is 0 Å². The van der Waals surface area contributed by atoms with E-state index in [9.17, 15) is 13.2 Å². The maximum atomic E-state index is 13.5. The van der Waals surface area contributed by atoms with Gasteiger partial charge in [-0.15, -0.1) is 0 Å². The van der Waals surface area contributed by atoms with Gasteiger partial charge in [-0.05, 0) is 13.2 Å². The highest BCUT2D eigenvalue weighted by Gasteiger charge is 2.67. The molecule has 1 fully saturated rings. The minimum atomic E-state index is -4.15. The van der Waals surface area contributed by atoms with Gasteiger partial charge in [-0.1, -0.05) is 0 Å². The Bertz CT molecular complexity index is 292. The average molecular weight is 226 g/mol. The molecule has 0 bridgehead atoms. The van der Waals surface area contributed by atoms with Crippen molar-refractivity contribution in [2.45, 2.75) is 12.0 Å². The summed E-state index contributed by atoms with van der Waals surface area (Å²) in [4.78, 5) is 0. The maximum Gasteiger partial charge on any atom is 0.477 e. The third kappa shape index (κ3) is 2.11. The van der Waals surface area contributed by atoms with E-state index in [1.807, 2.05) is 0 Å². The van der Waals surface area contributed by atoms with Gasteiger partial charge in [-0.2, -0.15) is 13.2 Å². The highest BCUT2D eigenvalue weighted by molar-refractivity contribution is 4.93. The van der Waals surface area contributed by atoms with Crippen LogP contribution in [-0.2, 0) is 18.9 Å². The van der Waals surface area contributed by atoms with Gasteiger partial charge in [0, 0.05) is 0 Å². The van der Waals surface area contributed by atoms with Gasteiger partial charge in [0.2, 0.25) is 0 Å². The number of alkyl halides is 3. The minimum absolute atomic E-state index is 0.316. The number of hydrogen-bond donors (Lipinski definition) is 0. The Hall–Kier alpha value is -1.53. The molecule has 0 aromatic heterocycles. The lowest BCUT2D eigenvalue weighted by Crippen LogP contribution is -2.45. The van der Waals surface area contributed by atoms with Crippen LogP contribution in [0.2, 0.25) is 0 Å². The molecule has 0 aromatic carbocycles. The van der Waals surface area contributed by atoms with Crippen molar-refractivity contribution < 1.29 is 32.1 Å². The first kappa shape index (κ1) is 11.5. The first-order valence-electron chi connectivity index (χ1n) is 3.80. The Kier molecular flexibility index (Phi) is 2.74. The van der Waals surface area contributed by atoms with E-state index in [-0.39, 0.29) is 5.95 Å². The molecule has 86 valence electrons. The smallest absolute Gasteiger partial charge is 0.469 e. The molecule has 4 nitrogen and oxygen atoms in total. The molecule has 1 atom stereocenters. The summed E-state index contributed by atoms with van der Waals surface area (Å²) in [6.07, 6.45) is -4.15. The van der Waals surface area contributed by atoms with Gasteiger partial charge in [0.15, 0.2) is 6.61 Å². The Morgan fingerprint density at radius 3 is 2.40 bits per heavy atom. The number of ether oxygens (including phenoxy) is 4. The molecule has 7 heteroatoms. The van der Waals surface area contributed by atoms with Crippen LogP contribution in [0.4, 0.5) is 13.2 Å². The van der Waals surface area contributed by atoms with Gasteiger partial charge < -0.3 is 18.9 Å². The Labute approximate surface area is 83.9 Å². The maximum absolute atomic E-state index is 13.5. The Morgan fingerprint density at radius 2 is 2.00 bits per heavy atom. The summed E-state index contributed by atoms with van der Waals surface area (Å²) < 4.78 is 55.9. The van der Waals surface area contributed by atoms with Crippen LogP contribution in [-0.4, -0.2) is 25.7 Å². The highest BCUT2D eigenvalue weighted by Crippen LogP contribution is 2.44. The molecule has 1 aliphatic rings. The number of rotatable bonds is 4. The molecule has 0 spiro atoms. The van der Waals surface area contributed by atoms with E-state index in [4.69, 9.17) is 0 Å². The van der Waals surface area contributed by atoms with E-state index in [0.29, 0.717) is 0 Å². The second kappa shape index (κ2) is 3.56. The summed E-state index contributed by atoms with van der Waals surface area (Å²) in [5.74, 6) is -4.55. The Balaban J connectivity index is 2.66. The van der Waals surface area contributed by atoms with E-state index in [1.165, 1.54) is 7.11 Å². The fourth-order valence-electron chi connectivity index (χ4n) is 0.826. The van der Waals surface area contributed by atoms with Gasteiger partial charge in [0.05, 0.1) is 7.11 Å². The SMILES string of the molecule is C=C(OC)OCC1(F)OC(=C)OC1(F)F. The van der Waals surface area contributed by atoms with Crippen LogP contribution < -0.4 is 0 Å². The molecule has 0 N–H and O–H groups in total. The summed E-state index contributed by atoms with van der Waals surface area (Å²) in [5.41, 5.74) is 0. The van der Waals surface area contributed by atoms with Gasteiger partial charge in [-0.3, -0.25) is 0 Å². The first-order chi connectivity index (χ1) is 6.81. The molecule has 1 heterocycles. The standard InChI is InChI=1S/C8H9F3O4/c1-5(12-3)13-4-7(9)8(10,11)15-6(2)14-7/h1-2,4H2,3H3. The molecule has 1 saturated heterocycles. The number of hydrogen-bond acceptors (Lipinski definition) is 4. The van der Waals surface area contributed by atoms with Crippen molar-refractivity contribution in [1.82, 2.24) is 0 Å². The van der Waals surface area contributed by atoms with Crippen molar-refractivity contribution in [3.8, 4) is 0 Å². The summed E-state index contributed by atoms with van der Waals surface area (Å²) in [6, 6.07) is 0. The zero-order valence-electron chi connectivity index (χ0n) is 7.89. The van der Waals surface area contributed by atoms with Crippen LogP contribution in [0.25, 0.3) is 0 Å². The zero-order chi connectivity index (χ0) is 11.7. The number of methoxy groups -OCH3 is 1. The fraction of sp³-hybridized carbons (Fsp3) is 0.500. The second-order valence-corrected chi connectivity index (χ2v) is 2.69. The van der Waals surface area contributed by atoms with Crippen LogP contribution >= 0.6 is 0 Å². The normalized spacial score (nSPS) is 27.9. The largest absolute Gasteiger partial charge is 0.477 e. The molecule has 0 amide bonds. The Morgan fingerprint density at radius 1 is 1.40 bits per heavy atom. The van der Waals surface area contributed by atoms with E-state index in [1.54, 1.807) is 0 Å². The van der Waals surface area contributed by atoms with Crippen LogP contribution in [0.1, 0.15) is 0 Å². The molecular formula is C8H9F3O4. The van der Waals surface area contributed by atoms with Gasteiger partial charge in [0.25, 0.3) is 11.9 Å². The van der Waals surface area contributed by atoms with E-state index >= 15 is 0 Å². The van der Waals surface area contributed by atoms with E-state index in [0.717, 1.165) is 0 Å². The van der Waals surface area contributed by atoms with Gasteiger partial charge in [0.1, 0.15) is 0 Å². The first-order valence-corrected chi connectivity index (χ1v) is 3.80. The number of halogens is 3. The lowest BCUT2D eigenvalue weighted by atomic mass is 10.3. The van der Waals surface area contributed by atoms with Gasteiger partial charge >= 0.3 is 12.0 Å². The molecule has 1 unspecified atom stereocenters. The second-order valence-electron chi connectivity index (χ2n) is 2.69. The van der Waals surface area contributed by atoms with Gasteiger partial charge in [-0.25, -0.2) is 0 Å². The molecule has 0 saturated carbocycles. The summed E-state index contributed by atoms with van der Waals surface area (Å²) in [5, 5.41) is 0. The fourth-order valence-corrected chi connectivity index (χ4v) is 0.826. The van der Waals surface area contributed by atoms with E-state index in [2.05, 4.69) is 32.1 Å². The summed E-state index contributed by atoms with van der Waals surface area (Å²) >= 11 is 0. The van der Waals surface area contributed by atoms with Crippen LogP contribution in [0.15, 0.2) is 25.0 Å². The predicted molar refractivity (Wildman–Crippen MR) is 42.2 cm³/mol. The quantitative estimate of drug-likeness (QED) is 0.686. The molecule has 1 aliphatic heterocycles. The monoisotopic (exact) mass is 226 g/mol. The molecule has 1 rings (SSSR count). The zero-order valence-corrected chi connectivity index (χ0v) is 7.89. The lowest BCUT2D eigenvalue weighted by Gasteiger charge is -2.21. The van der Waals surface area contributed by atoms with Crippen molar-refractivity contribution in [3.05, 3.63) is 25.0 Å². The van der Waals surface area contributed by atoms with Crippen molar-refractivity contribution in [2.75, 3.05) is 13.7 Å². The summed E-state index contributed by atoms with van der Waals surface area (Å²) in [6.45, 7) is 4.96. The summed E-state index contributed by atoms with van der Waals surface area (Å²) in [7, 11) is 1.19. The molecule has 0 aromatic rings. The van der Waals surface area contributed by atoms with Crippen molar-refractivity contribution in [3.63, 3.8) is 0 Å². The predicted octanol–water partition coefficient (Wildman–Crippen LogP) is 1.90.